The molecule has 0 amide bonds. The van der Waals surface area contributed by atoms with E-state index in [1.54, 1.807) is 0 Å². The third kappa shape index (κ3) is 22.0. The van der Waals surface area contributed by atoms with E-state index in [-0.39, 0.29) is 0 Å². The molecule has 0 radical (unpaired) electrons. The van der Waals surface area contributed by atoms with Crippen molar-refractivity contribution >= 4 is 0 Å². The van der Waals surface area contributed by atoms with Gasteiger partial charge in [-0.2, -0.15) is 0 Å². The van der Waals surface area contributed by atoms with E-state index in [9.17, 15) is 0 Å². The van der Waals surface area contributed by atoms with Crippen LogP contribution in [0.1, 0.15) is 149 Å². The summed E-state index contributed by atoms with van der Waals surface area (Å²) >= 11 is 0. The number of nitrogens with one attached hydrogen (secondary N) is 1. The van der Waals surface area contributed by atoms with Crippen molar-refractivity contribution < 1.29 is 0 Å². The van der Waals surface area contributed by atoms with Gasteiger partial charge in [0, 0.05) is 6.04 Å². The van der Waals surface area contributed by atoms with Crippen LogP contribution in [0.4, 0.5) is 0 Å². The van der Waals surface area contributed by atoms with E-state index in [2.05, 4.69) is 26.1 Å². The van der Waals surface area contributed by atoms with E-state index in [0.717, 1.165) is 6.04 Å². The molecule has 0 bridgehead atoms. The van der Waals surface area contributed by atoms with Crippen LogP contribution in [0.15, 0.2) is 0 Å². The fraction of sp³-hybridized carbons (Fsp3) is 1.00. The molecule has 0 rings (SSSR count). The normalized spacial score (nSPS) is 12.6. The highest BCUT2D eigenvalue weighted by Gasteiger charge is 2.00. The van der Waals surface area contributed by atoms with E-state index in [1.165, 1.54) is 135 Å². The van der Waals surface area contributed by atoms with Crippen molar-refractivity contribution in [3.63, 3.8) is 0 Å². The van der Waals surface area contributed by atoms with Crippen LogP contribution in [-0.2, 0) is 0 Å². The molecular formula is C25H53N. The maximum absolute atomic E-state index is 3.72. The fourth-order valence-electron chi connectivity index (χ4n) is 3.82. The molecule has 0 aliphatic heterocycles. The van der Waals surface area contributed by atoms with Gasteiger partial charge in [-0.15, -0.1) is 0 Å². The van der Waals surface area contributed by atoms with Gasteiger partial charge in [0.25, 0.3) is 0 Å². The summed E-state index contributed by atoms with van der Waals surface area (Å²) in [6.07, 6.45) is 28.7. The van der Waals surface area contributed by atoms with Crippen molar-refractivity contribution in [2.45, 2.75) is 155 Å². The molecule has 1 heteroatoms. The second kappa shape index (κ2) is 23.0. The van der Waals surface area contributed by atoms with Gasteiger partial charge in [0.1, 0.15) is 0 Å². The van der Waals surface area contributed by atoms with Crippen molar-refractivity contribution in [3.8, 4) is 0 Å². The summed E-state index contributed by atoms with van der Waals surface area (Å²) in [4.78, 5) is 0. The summed E-state index contributed by atoms with van der Waals surface area (Å²) < 4.78 is 0. The van der Waals surface area contributed by atoms with Crippen LogP contribution in [0, 0.1) is 0 Å². The Labute approximate surface area is 167 Å². The third-order valence-electron chi connectivity index (χ3n) is 5.76. The fourth-order valence-corrected chi connectivity index (χ4v) is 3.82. The Morgan fingerprint density at radius 3 is 1.23 bits per heavy atom. The van der Waals surface area contributed by atoms with Crippen LogP contribution in [0.25, 0.3) is 0 Å². The lowest BCUT2D eigenvalue weighted by molar-refractivity contribution is 0.465. The molecule has 0 heterocycles. The molecular weight excluding hydrogens is 314 g/mol. The number of rotatable bonds is 22. The zero-order chi connectivity index (χ0) is 19.1. The minimum absolute atomic E-state index is 0.721. The molecule has 0 aromatic carbocycles. The summed E-state index contributed by atoms with van der Waals surface area (Å²) in [5.74, 6) is 0. The molecule has 0 spiro atoms. The van der Waals surface area contributed by atoms with Gasteiger partial charge in [0.2, 0.25) is 0 Å². The smallest absolute Gasteiger partial charge is 0.00387 e. The number of unbranched alkanes of at least 4 members (excludes halogenated alkanes) is 17. The molecule has 0 aromatic heterocycles. The minimum atomic E-state index is 0.721. The molecule has 1 unspecified atom stereocenters. The van der Waals surface area contributed by atoms with Crippen LogP contribution in [0.3, 0.4) is 0 Å². The van der Waals surface area contributed by atoms with Crippen LogP contribution < -0.4 is 5.32 Å². The van der Waals surface area contributed by atoms with E-state index < -0.39 is 0 Å². The Morgan fingerprint density at radius 2 is 0.808 bits per heavy atom. The molecule has 0 fully saturated rings. The quantitative estimate of drug-likeness (QED) is 0.188. The molecule has 1 atom stereocenters. The van der Waals surface area contributed by atoms with E-state index >= 15 is 0 Å². The summed E-state index contributed by atoms with van der Waals surface area (Å²) in [7, 11) is 0. The van der Waals surface area contributed by atoms with E-state index in [4.69, 9.17) is 0 Å². The molecule has 158 valence electrons. The lowest BCUT2D eigenvalue weighted by atomic mass is 10.0. The highest BCUT2D eigenvalue weighted by molar-refractivity contribution is 4.61. The second-order valence-electron chi connectivity index (χ2n) is 8.65. The number of hydrogen-bond acceptors (Lipinski definition) is 1. The second-order valence-corrected chi connectivity index (χ2v) is 8.65. The highest BCUT2D eigenvalue weighted by atomic mass is 14.9. The molecule has 26 heavy (non-hydrogen) atoms. The lowest BCUT2D eigenvalue weighted by Gasteiger charge is -2.13. The topological polar surface area (TPSA) is 12.0 Å². The monoisotopic (exact) mass is 367 g/mol. The highest BCUT2D eigenvalue weighted by Crippen LogP contribution is 2.13. The van der Waals surface area contributed by atoms with Crippen LogP contribution in [0.5, 0.6) is 0 Å². The first-order valence-corrected chi connectivity index (χ1v) is 12.5. The van der Waals surface area contributed by atoms with E-state index in [0.29, 0.717) is 0 Å². The van der Waals surface area contributed by atoms with Gasteiger partial charge < -0.3 is 5.32 Å². The van der Waals surface area contributed by atoms with Crippen molar-refractivity contribution in [3.05, 3.63) is 0 Å². The minimum Gasteiger partial charge on any atom is -0.314 e. The van der Waals surface area contributed by atoms with Crippen LogP contribution in [-0.4, -0.2) is 12.6 Å². The predicted molar refractivity (Wildman–Crippen MR) is 121 cm³/mol. The molecule has 0 aliphatic rings. The molecule has 0 saturated carbocycles. The first-order chi connectivity index (χ1) is 12.8. The molecule has 0 aliphatic carbocycles. The standard InChI is InChI=1S/C25H53N/c1-4-6-8-10-11-12-13-14-15-16-17-18-20-22-24-26-25(3)23-21-19-9-7-5-2/h25-26H,4-24H2,1-3H3. The summed E-state index contributed by atoms with van der Waals surface area (Å²) in [6, 6.07) is 0.721. The summed E-state index contributed by atoms with van der Waals surface area (Å²) in [6.45, 7) is 8.19. The van der Waals surface area contributed by atoms with Crippen molar-refractivity contribution in [2.24, 2.45) is 0 Å². The largest absolute Gasteiger partial charge is 0.314 e. The van der Waals surface area contributed by atoms with Gasteiger partial charge in [0.15, 0.2) is 0 Å². The maximum Gasteiger partial charge on any atom is 0.00387 e. The SMILES string of the molecule is CCCCCCCCCCCCCCCCNC(C)CCCCCCC. The first kappa shape index (κ1) is 26.0. The molecule has 1 N–H and O–H groups in total. The van der Waals surface area contributed by atoms with Gasteiger partial charge >= 0.3 is 0 Å². The Bertz CT molecular complexity index is 238. The predicted octanol–water partition coefficient (Wildman–Crippen LogP) is 8.81. The molecule has 0 aromatic rings. The van der Waals surface area contributed by atoms with Gasteiger partial charge in [-0.05, 0) is 26.3 Å². The Morgan fingerprint density at radius 1 is 0.462 bits per heavy atom. The summed E-state index contributed by atoms with van der Waals surface area (Å²) in [5.41, 5.74) is 0. The van der Waals surface area contributed by atoms with Crippen LogP contribution in [0.2, 0.25) is 0 Å². The summed E-state index contributed by atoms with van der Waals surface area (Å²) in [5, 5.41) is 3.72. The van der Waals surface area contributed by atoms with E-state index in [1.807, 2.05) is 0 Å². The van der Waals surface area contributed by atoms with Crippen molar-refractivity contribution in [1.82, 2.24) is 5.32 Å². The van der Waals surface area contributed by atoms with Gasteiger partial charge in [-0.25, -0.2) is 0 Å². The van der Waals surface area contributed by atoms with Crippen molar-refractivity contribution in [1.29, 1.82) is 0 Å². The van der Waals surface area contributed by atoms with Gasteiger partial charge in [-0.1, -0.05) is 129 Å². The third-order valence-corrected chi connectivity index (χ3v) is 5.76. The zero-order valence-electron chi connectivity index (χ0n) is 18.9. The average Bonchev–Trinajstić information content (AvgIpc) is 2.64. The maximum atomic E-state index is 3.72. The Hall–Kier alpha value is -0.0400. The van der Waals surface area contributed by atoms with Crippen LogP contribution >= 0.6 is 0 Å². The van der Waals surface area contributed by atoms with Gasteiger partial charge in [0.05, 0.1) is 0 Å². The molecule has 1 nitrogen and oxygen atoms in total. The zero-order valence-corrected chi connectivity index (χ0v) is 18.9. The van der Waals surface area contributed by atoms with Gasteiger partial charge in [-0.3, -0.25) is 0 Å². The lowest BCUT2D eigenvalue weighted by Crippen LogP contribution is -2.26. The molecule has 0 saturated heterocycles. The Balaban J connectivity index is 3.08. The first-order valence-electron chi connectivity index (χ1n) is 12.5. The van der Waals surface area contributed by atoms with Crippen molar-refractivity contribution in [2.75, 3.05) is 6.54 Å². The average molecular weight is 368 g/mol. The Kier molecular flexibility index (Phi) is 23.0. The number of hydrogen-bond donors (Lipinski definition) is 1.